The zero-order chi connectivity index (χ0) is 18.8. The molecule has 2 aromatic carbocycles. The molecule has 5 heteroatoms. The average molecular weight is 357 g/mol. The van der Waals surface area contributed by atoms with Crippen molar-refractivity contribution in [3.05, 3.63) is 77.6 Å². The zero-order valence-corrected chi connectivity index (χ0v) is 14.7. The third kappa shape index (κ3) is 3.40. The number of likely N-dealkylation sites (tertiary alicyclic amines) is 1. The average Bonchev–Trinajstić information content (AvgIpc) is 2.73. The summed E-state index contributed by atoms with van der Waals surface area (Å²) in [5.74, 6) is -0.152. The van der Waals surface area contributed by atoms with Crippen molar-refractivity contribution in [3.63, 3.8) is 0 Å². The van der Waals surface area contributed by atoms with Crippen molar-refractivity contribution in [1.29, 1.82) is 5.26 Å². The van der Waals surface area contributed by atoms with Crippen LogP contribution in [-0.2, 0) is 0 Å². The number of nitriles is 1. The van der Waals surface area contributed by atoms with Crippen LogP contribution in [0.25, 0.3) is 10.8 Å². The molecule has 1 aromatic heterocycles. The van der Waals surface area contributed by atoms with E-state index in [0.717, 1.165) is 10.9 Å². The monoisotopic (exact) mass is 357 g/mol. The maximum absolute atomic E-state index is 12.7. The third-order valence-corrected chi connectivity index (χ3v) is 5.20. The van der Waals surface area contributed by atoms with Crippen LogP contribution in [0.3, 0.4) is 0 Å². The van der Waals surface area contributed by atoms with E-state index in [1.54, 1.807) is 11.0 Å². The fourth-order valence-corrected chi connectivity index (χ4v) is 3.71. The fourth-order valence-electron chi connectivity index (χ4n) is 3.71. The van der Waals surface area contributed by atoms with Gasteiger partial charge in [-0.3, -0.25) is 4.79 Å². The topological polar surface area (TPSA) is 77.2 Å². The van der Waals surface area contributed by atoms with Gasteiger partial charge in [0.05, 0.1) is 11.7 Å². The molecule has 1 amide bonds. The van der Waals surface area contributed by atoms with Crippen molar-refractivity contribution in [2.24, 2.45) is 0 Å². The Bertz CT molecular complexity index is 1020. The van der Waals surface area contributed by atoms with Crippen molar-refractivity contribution in [1.82, 2.24) is 9.88 Å². The maximum atomic E-state index is 12.7. The van der Waals surface area contributed by atoms with Gasteiger partial charge in [0.1, 0.15) is 11.8 Å². The number of hydrogen-bond acceptors (Lipinski definition) is 4. The Morgan fingerprint density at radius 3 is 2.67 bits per heavy atom. The van der Waals surface area contributed by atoms with E-state index in [2.05, 4.69) is 35.3 Å². The highest BCUT2D eigenvalue weighted by molar-refractivity contribution is 5.94. The smallest absolute Gasteiger partial charge is 0.255 e. The Kier molecular flexibility index (Phi) is 4.57. The molecule has 27 heavy (non-hydrogen) atoms. The number of carbonyl (C=O) groups excluding carboxylic acids is 1. The number of β-amino-alcohol motifs (C(OH)–C–C–N with tert-alkyl or cyclic N) is 1. The highest BCUT2D eigenvalue weighted by Gasteiger charge is 2.31. The molecule has 0 spiro atoms. The Morgan fingerprint density at radius 2 is 1.96 bits per heavy atom. The van der Waals surface area contributed by atoms with Crippen LogP contribution in [0.2, 0.25) is 0 Å². The minimum absolute atomic E-state index is 0.0118. The van der Waals surface area contributed by atoms with Crippen molar-refractivity contribution in [3.8, 4) is 6.07 Å². The lowest BCUT2D eigenvalue weighted by atomic mass is 9.86. The molecule has 1 aliphatic heterocycles. The Morgan fingerprint density at radius 1 is 1.15 bits per heavy atom. The van der Waals surface area contributed by atoms with Crippen LogP contribution in [0.4, 0.5) is 0 Å². The van der Waals surface area contributed by atoms with E-state index in [9.17, 15) is 9.90 Å². The lowest BCUT2D eigenvalue weighted by molar-refractivity contribution is 0.0382. The first-order chi connectivity index (χ1) is 13.2. The first-order valence-electron chi connectivity index (χ1n) is 8.98. The van der Waals surface area contributed by atoms with Gasteiger partial charge in [0.25, 0.3) is 5.91 Å². The van der Waals surface area contributed by atoms with Gasteiger partial charge in [-0.2, -0.15) is 5.26 Å². The van der Waals surface area contributed by atoms with E-state index < -0.39 is 6.10 Å². The second kappa shape index (κ2) is 7.18. The predicted molar refractivity (Wildman–Crippen MR) is 102 cm³/mol. The molecule has 1 saturated heterocycles. The van der Waals surface area contributed by atoms with Crippen molar-refractivity contribution in [2.75, 3.05) is 13.1 Å². The number of aliphatic hydroxyl groups excluding tert-OH is 1. The number of aliphatic hydroxyl groups is 1. The minimum atomic E-state index is -0.616. The number of rotatable bonds is 2. The summed E-state index contributed by atoms with van der Waals surface area (Å²) in [6.07, 6.45) is 1.51. The van der Waals surface area contributed by atoms with Gasteiger partial charge in [-0.25, -0.2) is 4.98 Å². The lowest BCUT2D eigenvalue weighted by Crippen LogP contribution is -2.45. The molecule has 0 saturated carbocycles. The molecule has 0 unspecified atom stereocenters. The molecule has 134 valence electrons. The highest BCUT2D eigenvalue weighted by Crippen LogP contribution is 2.31. The molecule has 2 atom stereocenters. The van der Waals surface area contributed by atoms with Crippen LogP contribution in [0.1, 0.15) is 34.0 Å². The largest absolute Gasteiger partial charge is 0.391 e. The molecule has 1 fully saturated rings. The Labute approximate surface area is 157 Å². The van der Waals surface area contributed by atoms with Crippen LogP contribution in [-0.4, -0.2) is 40.1 Å². The van der Waals surface area contributed by atoms with Gasteiger partial charge >= 0.3 is 0 Å². The molecule has 3 aromatic rings. The van der Waals surface area contributed by atoms with Crippen molar-refractivity contribution >= 4 is 16.7 Å². The van der Waals surface area contributed by atoms with Gasteiger partial charge in [0, 0.05) is 25.2 Å². The van der Waals surface area contributed by atoms with Gasteiger partial charge in [-0.05, 0) is 34.9 Å². The first-order valence-corrected chi connectivity index (χ1v) is 8.98. The molecular weight excluding hydrogens is 338 g/mol. The summed E-state index contributed by atoms with van der Waals surface area (Å²) >= 11 is 0. The fraction of sp³-hybridized carbons (Fsp3) is 0.227. The van der Waals surface area contributed by atoms with E-state index in [1.165, 1.54) is 17.6 Å². The second-order valence-electron chi connectivity index (χ2n) is 6.86. The Balaban J connectivity index is 1.49. The summed E-state index contributed by atoms with van der Waals surface area (Å²) in [6, 6.07) is 19.5. The zero-order valence-electron chi connectivity index (χ0n) is 14.7. The van der Waals surface area contributed by atoms with Crippen molar-refractivity contribution < 1.29 is 9.90 Å². The van der Waals surface area contributed by atoms with E-state index >= 15 is 0 Å². The Hall–Kier alpha value is -3.23. The summed E-state index contributed by atoms with van der Waals surface area (Å²) in [4.78, 5) is 18.3. The number of hydrogen-bond donors (Lipinski definition) is 1. The molecule has 1 N–H and O–H groups in total. The number of piperidine rings is 1. The van der Waals surface area contributed by atoms with E-state index in [-0.39, 0.29) is 24.1 Å². The van der Waals surface area contributed by atoms with Crippen LogP contribution >= 0.6 is 0 Å². The molecule has 5 nitrogen and oxygen atoms in total. The summed E-state index contributed by atoms with van der Waals surface area (Å²) in [7, 11) is 0. The first kappa shape index (κ1) is 17.2. The number of carbonyl (C=O) groups is 1. The molecular formula is C22H19N3O2. The molecule has 0 aliphatic carbocycles. The standard InChI is InChI=1S/C22H19N3O2/c23-12-19-8-7-18(13-24-19)22(27)25-10-9-20(21(26)14-25)17-6-5-15-3-1-2-4-16(15)11-17/h1-8,11,13,20-21,26H,9-10,14H2/t20-,21+/m1/s1. The van der Waals surface area contributed by atoms with E-state index in [0.29, 0.717) is 18.5 Å². The van der Waals surface area contributed by atoms with Gasteiger partial charge in [0.15, 0.2) is 0 Å². The number of benzene rings is 2. The van der Waals surface area contributed by atoms with E-state index in [1.807, 2.05) is 18.2 Å². The minimum Gasteiger partial charge on any atom is -0.391 e. The van der Waals surface area contributed by atoms with Gasteiger partial charge in [0.2, 0.25) is 0 Å². The SMILES string of the molecule is N#Cc1ccc(C(=O)N2CC[C@H](c3ccc4ccccc4c3)[C@@H](O)C2)cn1. The molecule has 2 heterocycles. The quantitative estimate of drug-likeness (QED) is 0.764. The molecule has 0 bridgehead atoms. The summed E-state index contributed by atoms with van der Waals surface area (Å²) in [6.45, 7) is 0.865. The molecule has 4 rings (SSSR count). The van der Waals surface area contributed by atoms with Gasteiger partial charge in [-0.1, -0.05) is 42.5 Å². The van der Waals surface area contributed by atoms with Crippen LogP contribution in [0, 0.1) is 11.3 Å². The predicted octanol–water partition coefficient (Wildman–Crippen LogP) is 3.10. The summed E-state index contributed by atoms with van der Waals surface area (Å²) < 4.78 is 0. The number of amides is 1. The normalized spacial score (nSPS) is 19.6. The molecule has 0 radical (unpaired) electrons. The highest BCUT2D eigenvalue weighted by atomic mass is 16.3. The number of nitrogens with zero attached hydrogens (tertiary/aromatic N) is 3. The third-order valence-electron chi connectivity index (χ3n) is 5.20. The molecule has 1 aliphatic rings. The summed E-state index contributed by atoms with van der Waals surface area (Å²) in [5, 5.41) is 21.8. The number of pyridine rings is 1. The summed E-state index contributed by atoms with van der Waals surface area (Å²) in [5.41, 5.74) is 1.82. The van der Waals surface area contributed by atoms with E-state index in [4.69, 9.17) is 5.26 Å². The van der Waals surface area contributed by atoms with Crippen molar-refractivity contribution in [2.45, 2.75) is 18.4 Å². The van der Waals surface area contributed by atoms with Crippen LogP contribution < -0.4 is 0 Å². The second-order valence-corrected chi connectivity index (χ2v) is 6.86. The lowest BCUT2D eigenvalue weighted by Gasteiger charge is -2.36. The van der Waals surface area contributed by atoms with Crippen LogP contribution in [0.15, 0.2) is 60.8 Å². The number of aromatic nitrogens is 1. The van der Waals surface area contributed by atoms with Gasteiger partial charge < -0.3 is 10.0 Å². The van der Waals surface area contributed by atoms with Gasteiger partial charge in [-0.15, -0.1) is 0 Å². The number of fused-ring (bicyclic) bond motifs is 1. The maximum Gasteiger partial charge on any atom is 0.255 e. The van der Waals surface area contributed by atoms with Crippen LogP contribution in [0.5, 0.6) is 0 Å².